The minimum atomic E-state index is -4.35. The molecule has 0 saturated carbocycles. The molecule has 2 rings (SSSR count). The van der Waals surface area contributed by atoms with E-state index in [0.29, 0.717) is 36.3 Å². The fraction of sp³-hybridized carbons (Fsp3) is 0.429. The molecule has 1 aromatic carbocycles. The van der Waals surface area contributed by atoms with E-state index in [1.54, 1.807) is 24.3 Å². The number of carbonyl (C=O) groups is 1. The normalized spacial score (nSPS) is 17.5. The van der Waals surface area contributed by atoms with Crippen molar-refractivity contribution >= 4 is 17.3 Å². The largest absolute Gasteiger partial charge is 0.411 e. The molecule has 7 heteroatoms. The summed E-state index contributed by atoms with van der Waals surface area (Å²) in [6.45, 7) is 0.312. The fourth-order valence-electron chi connectivity index (χ4n) is 2.36. The molecule has 0 spiro atoms. The van der Waals surface area contributed by atoms with Crippen LogP contribution in [0.1, 0.15) is 31.2 Å². The quantitative estimate of drug-likeness (QED) is 0.673. The van der Waals surface area contributed by atoms with Crippen LogP contribution in [-0.2, 0) is 4.79 Å². The van der Waals surface area contributed by atoms with E-state index in [1.165, 1.54) is 4.90 Å². The van der Waals surface area contributed by atoms with Gasteiger partial charge in [0.05, 0.1) is 17.8 Å². The second kappa shape index (κ2) is 6.15. The Morgan fingerprint density at radius 2 is 2.05 bits per heavy atom. The highest BCUT2D eigenvalue weighted by Crippen LogP contribution is 2.29. The van der Waals surface area contributed by atoms with Gasteiger partial charge in [0.2, 0.25) is 5.91 Å². The van der Waals surface area contributed by atoms with E-state index in [1.807, 2.05) is 0 Å². The molecular weight excluding hydrogens is 285 g/mol. The van der Waals surface area contributed by atoms with E-state index < -0.39 is 24.9 Å². The summed E-state index contributed by atoms with van der Waals surface area (Å²) in [5.74, 6) is -0.570. The van der Waals surface area contributed by atoms with Gasteiger partial charge in [-0.1, -0.05) is 23.4 Å². The van der Waals surface area contributed by atoms with Gasteiger partial charge in [-0.25, -0.2) is 0 Å². The van der Waals surface area contributed by atoms with Crippen LogP contribution in [0.3, 0.4) is 0 Å². The second-order valence-corrected chi connectivity index (χ2v) is 4.83. The molecule has 0 atom stereocenters. The Hall–Kier alpha value is -2.05. The van der Waals surface area contributed by atoms with Gasteiger partial charge in [0.15, 0.2) is 0 Å². The summed E-state index contributed by atoms with van der Waals surface area (Å²) >= 11 is 0. The number of fused-ring (bicyclic) bond motifs is 1. The van der Waals surface area contributed by atoms with Crippen molar-refractivity contribution in [2.24, 2.45) is 5.16 Å². The van der Waals surface area contributed by atoms with Crippen molar-refractivity contribution in [3.05, 3.63) is 29.8 Å². The average molecular weight is 300 g/mol. The molecule has 1 heterocycles. The zero-order chi connectivity index (χ0) is 15.5. The lowest BCUT2D eigenvalue weighted by molar-refractivity contribution is -0.143. The highest BCUT2D eigenvalue weighted by molar-refractivity contribution is 6.09. The maximum absolute atomic E-state index is 12.3. The maximum atomic E-state index is 12.3. The van der Waals surface area contributed by atoms with Gasteiger partial charge in [0.1, 0.15) is 0 Å². The predicted octanol–water partition coefficient (Wildman–Crippen LogP) is 3.33. The summed E-state index contributed by atoms with van der Waals surface area (Å²) in [6, 6.07) is 6.77. The first-order valence-corrected chi connectivity index (χ1v) is 6.60. The third kappa shape index (κ3) is 3.74. The zero-order valence-electron chi connectivity index (χ0n) is 11.2. The number of halogens is 3. The summed E-state index contributed by atoms with van der Waals surface area (Å²) in [5.41, 5.74) is 1.52. The van der Waals surface area contributed by atoms with Gasteiger partial charge in [-0.3, -0.25) is 4.79 Å². The van der Waals surface area contributed by atoms with Gasteiger partial charge in [0, 0.05) is 18.5 Å². The van der Waals surface area contributed by atoms with E-state index in [4.69, 9.17) is 5.21 Å². The molecule has 0 fully saturated rings. The van der Waals surface area contributed by atoms with Crippen molar-refractivity contribution in [1.82, 2.24) is 0 Å². The maximum Gasteiger partial charge on any atom is 0.389 e. The van der Waals surface area contributed by atoms with Gasteiger partial charge >= 0.3 is 6.18 Å². The third-order valence-corrected chi connectivity index (χ3v) is 3.35. The fourth-order valence-corrected chi connectivity index (χ4v) is 2.36. The highest BCUT2D eigenvalue weighted by Gasteiger charge is 2.30. The predicted molar refractivity (Wildman–Crippen MR) is 71.6 cm³/mol. The smallest absolute Gasteiger partial charge is 0.389 e. The number of benzene rings is 1. The Morgan fingerprint density at radius 3 is 2.71 bits per heavy atom. The van der Waals surface area contributed by atoms with Gasteiger partial charge in [-0.05, 0) is 18.9 Å². The van der Waals surface area contributed by atoms with E-state index >= 15 is 0 Å². The summed E-state index contributed by atoms with van der Waals surface area (Å²) in [7, 11) is 0. The first-order chi connectivity index (χ1) is 9.92. The van der Waals surface area contributed by atoms with Crippen LogP contribution in [0.5, 0.6) is 0 Å². The van der Waals surface area contributed by atoms with Crippen molar-refractivity contribution in [3.63, 3.8) is 0 Å². The SMILES string of the molecule is O=C(CCC(F)(F)F)N1CCC/C(=N/O)c2ccccc21. The molecule has 1 amide bonds. The molecule has 0 unspecified atom stereocenters. The molecule has 1 aromatic rings. The lowest BCUT2D eigenvalue weighted by Gasteiger charge is -2.23. The number of amides is 1. The number of hydrogen-bond acceptors (Lipinski definition) is 3. The van der Waals surface area contributed by atoms with E-state index in [2.05, 4.69) is 5.16 Å². The molecular formula is C14H15F3N2O2. The molecule has 0 aliphatic carbocycles. The Morgan fingerprint density at radius 1 is 1.33 bits per heavy atom. The third-order valence-electron chi connectivity index (χ3n) is 3.35. The lowest BCUT2D eigenvalue weighted by Crippen LogP contribution is -2.32. The van der Waals surface area contributed by atoms with E-state index in [-0.39, 0.29) is 0 Å². The van der Waals surface area contributed by atoms with Crippen LogP contribution in [0.4, 0.5) is 18.9 Å². The molecule has 0 saturated heterocycles. The summed E-state index contributed by atoms with van der Waals surface area (Å²) < 4.78 is 36.8. The van der Waals surface area contributed by atoms with Crippen molar-refractivity contribution in [2.75, 3.05) is 11.4 Å². The molecule has 4 nitrogen and oxygen atoms in total. The van der Waals surface area contributed by atoms with E-state index in [9.17, 15) is 18.0 Å². The minimum absolute atomic E-state index is 0.312. The molecule has 114 valence electrons. The average Bonchev–Trinajstić information content (AvgIpc) is 2.63. The van der Waals surface area contributed by atoms with Gasteiger partial charge < -0.3 is 10.1 Å². The van der Waals surface area contributed by atoms with Gasteiger partial charge in [-0.2, -0.15) is 13.2 Å². The molecule has 21 heavy (non-hydrogen) atoms. The summed E-state index contributed by atoms with van der Waals surface area (Å²) in [5, 5.41) is 12.3. The first kappa shape index (κ1) is 15.3. The zero-order valence-corrected chi connectivity index (χ0v) is 11.2. The van der Waals surface area contributed by atoms with Crippen LogP contribution in [-0.4, -0.2) is 29.5 Å². The lowest BCUT2D eigenvalue weighted by atomic mass is 10.1. The van der Waals surface area contributed by atoms with Crippen molar-refractivity contribution in [3.8, 4) is 0 Å². The Labute approximate surface area is 119 Å². The van der Waals surface area contributed by atoms with Crippen molar-refractivity contribution < 1.29 is 23.2 Å². The Bertz CT molecular complexity index is 555. The molecule has 0 radical (unpaired) electrons. The molecule has 0 aromatic heterocycles. The van der Waals surface area contributed by atoms with Crippen molar-refractivity contribution in [1.29, 1.82) is 0 Å². The molecule has 1 N–H and O–H groups in total. The highest BCUT2D eigenvalue weighted by atomic mass is 19.4. The van der Waals surface area contributed by atoms with Crippen LogP contribution >= 0.6 is 0 Å². The van der Waals surface area contributed by atoms with Crippen LogP contribution in [0.2, 0.25) is 0 Å². The van der Waals surface area contributed by atoms with E-state index in [0.717, 1.165) is 0 Å². The molecule has 1 aliphatic heterocycles. The topological polar surface area (TPSA) is 52.9 Å². The monoisotopic (exact) mass is 300 g/mol. The Kier molecular flexibility index (Phi) is 4.50. The molecule has 1 aliphatic rings. The minimum Gasteiger partial charge on any atom is -0.411 e. The van der Waals surface area contributed by atoms with Crippen LogP contribution < -0.4 is 4.90 Å². The standard InChI is InChI=1S/C14H15F3N2O2/c15-14(16,17)8-7-13(20)19-9-3-5-11(18-21)10-4-1-2-6-12(10)19/h1-2,4,6,21H,3,5,7-9H2/b18-11-. The molecule has 0 bridgehead atoms. The number of nitrogens with zero attached hydrogens (tertiary/aromatic N) is 2. The summed E-state index contributed by atoms with van der Waals surface area (Å²) in [4.78, 5) is 13.4. The second-order valence-electron chi connectivity index (χ2n) is 4.83. The van der Waals surface area contributed by atoms with Crippen molar-refractivity contribution in [2.45, 2.75) is 31.9 Å². The van der Waals surface area contributed by atoms with Crippen LogP contribution in [0.25, 0.3) is 0 Å². The van der Waals surface area contributed by atoms with Crippen LogP contribution in [0, 0.1) is 0 Å². The first-order valence-electron chi connectivity index (χ1n) is 6.60. The van der Waals surface area contributed by atoms with Gasteiger partial charge in [0.25, 0.3) is 0 Å². The Balaban J connectivity index is 2.26. The number of anilines is 1. The number of carbonyl (C=O) groups excluding carboxylic acids is 1. The van der Waals surface area contributed by atoms with Gasteiger partial charge in [-0.15, -0.1) is 0 Å². The number of hydrogen-bond donors (Lipinski definition) is 1. The number of alkyl halides is 3. The number of rotatable bonds is 2. The van der Waals surface area contributed by atoms with Crippen LogP contribution in [0.15, 0.2) is 29.4 Å². The number of para-hydroxylation sites is 1. The number of oxime groups is 1. The summed E-state index contributed by atoms with van der Waals surface area (Å²) in [6.07, 6.45) is -5.06.